The Labute approximate surface area is 124 Å². The van der Waals surface area contributed by atoms with Gasteiger partial charge in [0, 0.05) is 5.56 Å². The Hall–Kier alpha value is -2.13. The van der Waals surface area contributed by atoms with E-state index >= 15 is 0 Å². The van der Waals surface area contributed by atoms with Crippen LogP contribution in [0.5, 0.6) is 0 Å². The third kappa shape index (κ3) is 5.04. The number of benzene rings is 1. The van der Waals surface area contributed by atoms with E-state index in [0.717, 1.165) is 36.7 Å². The van der Waals surface area contributed by atoms with Crippen molar-refractivity contribution in [1.29, 1.82) is 0 Å². The molecular weight excluding hydrogens is 264 g/mol. The molecule has 0 aliphatic heterocycles. The summed E-state index contributed by atoms with van der Waals surface area (Å²) in [6.45, 7) is 0. The highest BCUT2D eigenvalue weighted by Crippen LogP contribution is 2.19. The zero-order chi connectivity index (χ0) is 14.9. The predicted octanol–water partition coefficient (Wildman–Crippen LogP) is 3.85. The van der Waals surface area contributed by atoms with Crippen molar-refractivity contribution in [3.8, 4) is 0 Å². The van der Waals surface area contributed by atoms with Crippen molar-refractivity contribution in [3.63, 3.8) is 0 Å². The van der Waals surface area contributed by atoms with Gasteiger partial charge in [-0.2, -0.15) is 0 Å². The van der Waals surface area contributed by atoms with Gasteiger partial charge >= 0.3 is 0 Å². The van der Waals surface area contributed by atoms with Gasteiger partial charge in [0.15, 0.2) is 0 Å². The summed E-state index contributed by atoms with van der Waals surface area (Å²) in [6, 6.07) is 12.0. The summed E-state index contributed by atoms with van der Waals surface area (Å²) in [7, 11) is 0. The SMILES string of the molecule is O=CC(=CCC(O)c1ccoc1)CCCc1ccccc1. The van der Waals surface area contributed by atoms with Crippen LogP contribution < -0.4 is 0 Å². The van der Waals surface area contributed by atoms with Gasteiger partial charge < -0.3 is 9.52 Å². The molecule has 2 aromatic rings. The average Bonchev–Trinajstić information content (AvgIpc) is 3.06. The summed E-state index contributed by atoms with van der Waals surface area (Å²) in [5.74, 6) is 0. The molecular formula is C18H20O3. The predicted molar refractivity (Wildman–Crippen MR) is 81.8 cm³/mol. The molecule has 0 radical (unpaired) electrons. The first-order chi connectivity index (χ1) is 10.3. The third-order valence-corrected chi connectivity index (χ3v) is 3.46. The van der Waals surface area contributed by atoms with Gasteiger partial charge in [-0.15, -0.1) is 0 Å². The standard InChI is InChI=1S/C18H20O3/c19-13-16(8-4-7-15-5-2-1-3-6-15)9-10-18(20)17-11-12-21-14-17/h1-3,5-6,9,11-14,18,20H,4,7-8,10H2. The van der Waals surface area contributed by atoms with E-state index in [1.807, 2.05) is 24.3 Å². The number of carbonyl (C=O) groups is 1. The Kier molecular flexibility index (Phi) is 5.98. The molecule has 0 amide bonds. The van der Waals surface area contributed by atoms with Gasteiger partial charge in [-0.1, -0.05) is 36.4 Å². The van der Waals surface area contributed by atoms with Gasteiger partial charge in [-0.25, -0.2) is 0 Å². The van der Waals surface area contributed by atoms with Crippen molar-refractivity contribution < 1.29 is 14.3 Å². The second-order valence-electron chi connectivity index (χ2n) is 5.04. The molecule has 1 heterocycles. The lowest BCUT2D eigenvalue weighted by molar-refractivity contribution is -0.105. The monoisotopic (exact) mass is 284 g/mol. The second-order valence-corrected chi connectivity index (χ2v) is 5.04. The van der Waals surface area contributed by atoms with Gasteiger partial charge in [0.25, 0.3) is 0 Å². The van der Waals surface area contributed by atoms with Gasteiger partial charge in [0.05, 0.1) is 18.6 Å². The zero-order valence-corrected chi connectivity index (χ0v) is 11.9. The highest BCUT2D eigenvalue weighted by Gasteiger charge is 2.07. The minimum Gasteiger partial charge on any atom is -0.472 e. The lowest BCUT2D eigenvalue weighted by atomic mass is 10.0. The fourth-order valence-electron chi connectivity index (χ4n) is 2.21. The van der Waals surface area contributed by atoms with Crippen molar-refractivity contribution >= 4 is 6.29 Å². The molecule has 1 aromatic heterocycles. The molecule has 21 heavy (non-hydrogen) atoms. The van der Waals surface area contributed by atoms with E-state index in [9.17, 15) is 9.90 Å². The number of furan rings is 1. The van der Waals surface area contributed by atoms with Crippen molar-refractivity contribution in [2.24, 2.45) is 0 Å². The first-order valence-corrected chi connectivity index (χ1v) is 7.18. The normalized spacial score (nSPS) is 13.1. The maximum absolute atomic E-state index is 11.1. The summed E-state index contributed by atoms with van der Waals surface area (Å²) >= 11 is 0. The number of hydrogen-bond acceptors (Lipinski definition) is 3. The fourth-order valence-corrected chi connectivity index (χ4v) is 2.21. The molecule has 0 saturated heterocycles. The molecule has 0 saturated carbocycles. The van der Waals surface area contributed by atoms with Crippen LogP contribution in [0, 0.1) is 0 Å². The van der Waals surface area contributed by atoms with Crippen molar-refractivity contribution in [2.45, 2.75) is 31.8 Å². The number of aryl methyl sites for hydroxylation is 1. The van der Waals surface area contributed by atoms with Crippen LogP contribution in [0.15, 0.2) is 65.0 Å². The maximum atomic E-state index is 11.1. The highest BCUT2D eigenvalue weighted by atomic mass is 16.3. The lowest BCUT2D eigenvalue weighted by Crippen LogP contribution is -1.95. The van der Waals surface area contributed by atoms with Crippen molar-refractivity contribution in [3.05, 3.63) is 71.7 Å². The molecule has 2 rings (SSSR count). The van der Waals surface area contributed by atoms with E-state index in [1.54, 1.807) is 6.07 Å². The number of hydrogen-bond donors (Lipinski definition) is 1. The largest absolute Gasteiger partial charge is 0.472 e. The van der Waals surface area contributed by atoms with E-state index in [4.69, 9.17) is 4.42 Å². The van der Waals surface area contributed by atoms with Crippen LogP contribution in [0.4, 0.5) is 0 Å². The minimum absolute atomic E-state index is 0.430. The van der Waals surface area contributed by atoms with Gasteiger partial charge in [-0.3, -0.25) is 4.79 Å². The van der Waals surface area contributed by atoms with E-state index in [-0.39, 0.29) is 0 Å². The molecule has 3 nitrogen and oxygen atoms in total. The van der Waals surface area contributed by atoms with E-state index in [0.29, 0.717) is 6.42 Å². The molecule has 0 fully saturated rings. The molecule has 3 heteroatoms. The molecule has 110 valence electrons. The van der Waals surface area contributed by atoms with Crippen LogP contribution in [0.25, 0.3) is 0 Å². The first kappa shape index (κ1) is 15.3. The molecule has 1 unspecified atom stereocenters. The summed E-state index contributed by atoms with van der Waals surface area (Å²) < 4.78 is 4.93. The van der Waals surface area contributed by atoms with Crippen molar-refractivity contribution in [1.82, 2.24) is 0 Å². The molecule has 0 aliphatic rings. The first-order valence-electron chi connectivity index (χ1n) is 7.18. The van der Waals surface area contributed by atoms with E-state index in [1.165, 1.54) is 18.1 Å². The summed E-state index contributed by atoms with van der Waals surface area (Å²) in [6.07, 6.45) is 8.18. The van der Waals surface area contributed by atoms with Gasteiger partial charge in [-0.05, 0) is 42.9 Å². The Morgan fingerprint density at radius 1 is 1.24 bits per heavy atom. The van der Waals surface area contributed by atoms with E-state index < -0.39 is 6.10 Å². The quantitative estimate of drug-likeness (QED) is 0.591. The molecule has 0 bridgehead atoms. The van der Waals surface area contributed by atoms with Crippen LogP contribution in [0.2, 0.25) is 0 Å². The summed E-state index contributed by atoms with van der Waals surface area (Å²) in [4.78, 5) is 11.1. The van der Waals surface area contributed by atoms with Crippen LogP contribution >= 0.6 is 0 Å². The zero-order valence-electron chi connectivity index (χ0n) is 11.9. The number of aliphatic hydroxyl groups is 1. The Bertz CT molecular complexity index is 555. The summed E-state index contributed by atoms with van der Waals surface area (Å²) in [5, 5.41) is 9.94. The molecule has 0 spiro atoms. The van der Waals surface area contributed by atoms with E-state index in [2.05, 4.69) is 12.1 Å². The van der Waals surface area contributed by atoms with Crippen LogP contribution in [0.3, 0.4) is 0 Å². The Morgan fingerprint density at radius 3 is 2.71 bits per heavy atom. The second kappa shape index (κ2) is 8.22. The molecule has 1 atom stereocenters. The highest BCUT2D eigenvalue weighted by molar-refractivity contribution is 5.72. The number of carbonyl (C=O) groups excluding carboxylic acids is 1. The fraction of sp³-hybridized carbons (Fsp3) is 0.278. The topological polar surface area (TPSA) is 50.4 Å². The smallest absolute Gasteiger partial charge is 0.145 e. The molecule has 1 N–H and O–H groups in total. The van der Waals surface area contributed by atoms with Crippen LogP contribution in [0.1, 0.15) is 36.5 Å². The minimum atomic E-state index is -0.618. The number of aldehydes is 1. The number of rotatable bonds is 8. The average molecular weight is 284 g/mol. The van der Waals surface area contributed by atoms with Crippen LogP contribution in [-0.2, 0) is 11.2 Å². The van der Waals surface area contributed by atoms with Crippen molar-refractivity contribution in [2.75, 3.05) is 0 Å². The van der Waals surface area contributed by atoms with Gasteiger partial charge in [0.2, 0.25) is 0 Å². The molecule has 1 aromatic carbocycles. The van der Waals surface area contributed by atoms with Gasteiger partial charge in [0.1, 0.15) is 6.29 Å². The Morgan fingerprint density at radius 2 is 2.05 bits per heavy atom. The summed E-state index contributed by atoms with van der Waals surface area (Å²) in [5.41, 5.74) is 2.76. The Balaban J connectivity index is 1.79. The number of allylic oxidation sites excluding steroid dienone is 1. The lowest BCUT2D eigenvalue weighted by Gasteiger charge is -2.06. The molecule has 0 aliphatic carbocycles. The third-order valence-electron chi connectivity index (χ3n) is 3.46. The number of aliphatic hydroxyl groups excluding tert-OH is 1. The van der Waals surface area contributed by atoms with Crippen LogP contribution in [-0.4, -0.2) is 11.4 Å². The maximum Gasteiger partial charge on any atom is 0.145 e.